The summed E-state index contributed by atoms with van der Waals surface area (Å²) in [4.78, 5) is 4.44. The molecule has 88 valence electrons. The monoisotopic (exact) mass is 312 g/mol. The number of aromatic nitrogens is 1. The highest BCUT2D eigenvalue weighted by molar-refractivity contribution is 9.10. The highest BCUT2D eigenvalue weighted by atomic mass is 79.9. The number of thiazole rings is 1. The van der Waals surface area contributed by atoms with Crippen molar-refractivity contribution in [3.8, 4) is 22.1 Å². The maximum atomic E-state index is 5.55. The molecule has 1 aromatic heterocycles. The van der Waals surface area contributed by atoms with E-state index in [1.54, 1.807) is 11.3 Å². The first-order valence-corrected chi connectivity index (χ1v) is 6.69. The van der Waals surface area contributed by atoms with Gasteiger partial charge in [-0.3, -0.25) is 0 Å². The Hall–Kier alpha value is -1.11. The second-order valence-electron chi connectivity index (χ2n) is 3.54. The summed E-state index contributed by atoms with van der Waals surface area (Å²) in [6.45, 7) is 0.728. The molecule has 0 bridgehead atoms. The van der Waals surface area contributed by atoms with Gasteiger partial charge in [-0.15, -0.1) is 11.3 Å². The maximum Gasteiger partial charge on any atom is 0.231 e. The van der Waals surface area contributed by atoms with Gasteiger partial charge in [-0.1, -0.05) is 0 Å². The lowest BCUT2D eigenvalue weighted by Crippen LogP contribution is -1.95. The van der Waals surface area contributed by atoms with Gasteiger partial charge in [0.05, 0.1) is 10.2 Å². The zero-order valence-electron chi connectivity index (χ0n) is 8.77. The molecule has 0 radical (unpaired) electrons. The fourth-order valence-electron chi connectivity index (χ4n) is 1.62. The molecule has 0 saturated carbocycles. The van der Waals surface area contributed by atoms with Crippen molar-refractivity contribution in [3.63, 3.8) is 0 Å². The highest BCUT2D eigenvalue weighted by Gasteiger charge is 2.19. The Bertz CT molecular complexity index is 571. The number of hydrogen-bond donors (Lipinski definition) is 1. The topological polar surface area (TPSA) is 57.4 Å². The minimum absolute atomic E-state index is 0.267. The average molecular weight is 313 g/mol. The van der Waals surface area contributed by atoms with Crippen molar-refractivity contribution in [1.82, 2.24) is 4.98 Å². The number of fused-ring (bicyclic) bond motifs is 1. The summed E-state index contributed by atoms with van der Waals surface area (Å²) in [6.07, 6.45) is 0. The van der Waals surface area contributed by atoms with Crippen LogP contribution in [0.4, 0.5) is 0 Å². The minimum atomic E-state index is 0.267. The summed E-state index contributed by atoms with van der Waals surface area (Å²) < 4.78 is 11.6. The van der Waals surface area contributed by atoms with Crippen molar-refractivity contribution in [2.75, 3.05) is 6.79 Å². The molecule has 4 nitrogen and oxygen atoms in total. The van der Waals surface area contributed by atoms with Crippen molar-refractivity contribution in [3.05, 3.63) is 27.7 Å². The Labute approximate surface area is 111 Å². The van der Waals surface area contributed by atoms with Gasteiger partial charge in [-0.2, -0.15) is 0 Å². The summed E-state index contributed by atoms with van der Waals surface area (Å²) in [7, 11) is 0. The molecule has 0 spiro atoms. The Morgan fingerprint density at radius 1 is 1.41 bits per heavy atom. The van der Waals surface area contributed by atoms with Crippen molar-refractivity contribution in [2.24, 2.45) is 5.73 Å². The van der Waals surface area contributed by atoms with E-state index in [2.05, 4.69) is 20.9 Å². The van der Waals surface area contributed by atoms with Gasteiger partial charge < -0.3 is 15.2 Å². The SMILES string of the molecule is NCc1csc(-c2cc(Br)c3c(c2)OCO3)n1. The van der Waals surface area contributed by atoms with Gasteiger partial charge in [0.1, 0.15) is 5.01 Å². The molecular formula is C11H9BrN2O2S. The molecule has 1 aliphatic rings. The third-order valence-corrected chi connectivity index (χ3v) is 3.96. The molecule has 0 atom stereocenters. The van der Waals surface area contributed by atoms with E-state index in [1.807, 2.05) is 17.5 Å². The maximum absolute atomic E-state index is 5.55. The van der Waals surface area contributed by atoms with Gasteiger partial charge >= 0.3 is 0 Å². The summed E-state index contributed by atoms with van der Waals surface area (Å²) in [5.74, 6) is 1.50. The minimum Gasteiger partial charge on any atom is -0.454 e. The van der Waals surface area contributed by atoms with Crippen LogP contribution in [0.2, 0.25) is 0 Å². The fraction of sp³-hybridized carbons (Fsp3) is 0.182. The molecule has 6 heteroatoms. The molecule has 3 rings (SSSR count). The first-order valence-electron chi connectivity index (χ1n) is 5.02. The molecule has 1 aliphatic heterocycles. The van der Waals surface area contributed by atoms with Crippen LogP contribution in [0, 0.1) is 0 Å². The Balaban J connectivity index is 2.06. The molecule has 2 aromatic rings. The summed E-state index contributed by atoms with van der Waals surface area (Å²) in [5, 5.41) is 2.90. The zero-order valence-corrected chi connectivity index (χ0v) is 11.2. The van der Waals surface area contributed by atoms with E-state index < -0.39 is 0 Å². The third kappa shape index (κ3) is 1.92. The van der Waals surface area contributed by atoms with Gasteiger partial charge in [0.15, 0.2) is 11.5 Å². The van der Waals surface area contributed by atoms with Crippen LogP contribution < -0.4 is 15.2 Å². The lowest BCUT2D eigenvalue weighted by molar-refractivity contribution is 0.173. The molecule has 17 heavy (non-hydrogen) atoms. The standard InChI is InChI=1S/C11H9BrN2O2S/c12-8-1-6(2-9-10(8)16-5-15-9)11-14-7(3-13)4-17-11/h1-2,4H,3,5,13H2. The van der Waals surface area contributed by atoms with E-state index in [0.717, 1.165) is 32.2 Å². The molecule has 0 saturated heterocycles. The zero-order chi connectivity index (χ0) is 11.8. The van der Waals surface area contributed by atoms with Crippen molar-refractivity contribution in [2.45, 2.75) is 6.54 Å². The predicted molar refractivity (Wildman–Crippen MR) is 69.3 cm³/mol. The second-order valence-corrected chi connectivity index (χ2v) is 5.25. The van der Waals surface area contributed by atoms with Crippen LogP contribution in [0.25, 0.3) is 10.6 Å². The number of hydrogen-bond acceptors (Lipinski definition) is 5. The van der Waals surface area contributed by atoms with Gasteiger partial charge in [-0.05, 0) is 28.1 Å². The number of halogens is 1. The molecule has 0 amide bonds. The van der Waals surface area contributed by atoms with Gasteiger partial charge in [0, 0.05) is 17.5 Å². The first kappa shape index (κ1) is 11.0. The largest absolute Gasteiger partial charge is 0.454 e. The van der Waals surface area contributed by atoms with E-state index in [4.69, 9.17) is 15.2 Å². The number of ether oxygens (including phenoxy) is 2. The lowest BCUT2D eigenvalue weighted by Gasteiger charge is -2.02. The first-order chi connectivity index (χ1) is 8.28. The number of nitrogens with two attached hydrogens (primary N) is 1. The summed E-state index contributed by atoms with van der Waals surface area (Å²) in [6, 6.07) is 3.92. The quantitative estimate of drug-likeness (QED) is 0.926. The van der Waals surface area contributed by atoms with E-state index in [1.165, 1.54) is 0 Å². The van der Waals surface area contributed by atoms with Gasteiger partial charge in [0.25, 0.3) is 0 Å². The molecule has 0 aliphatic carbocycles. The second kappa shape index (κ2) is 4.29. The molecular weight excluding hydrogens is 304 g/mol. The van der Waals surface area contributed by atoms with E-state index in [0.29, 0.717) is 6.54 Å². The van der Waals surface area contributed by atoms with Gasteiger partial charge in [-0.25, -0.2) is 4.98 Å². The number of nitrogens with zero attached hydrogens (tertiary/aromatic N) is 1. The Morgan fingerprint density at radius 3 is 3.06 bits per heavy atom. The fourth-order valence-corrected chi connectivity index (χ4v) is 3.00. The van der Waals surface area contributed by atoms with Crippen LogP contribution >= 0.6 is 27.3 Å². The third-order valence-electron chi connectivity index (χ3n) is 2.44. The van der Waals surface area contributed by atoms with E-state index in [-0.39, 0.29) is 6.79 Å². The normalized spacial score (nSPS) is 13.1. The molecule has 0 unspecified atom stereocenters. The van der Waals surface area contributed by atoms with Crippen LogP contribution in [-0.2, 0) is 6.54 Å². The highest BCUT2D eigenvalue weighted by Crippen LogP contribution is 2.42. The Kier molecular flexibility index (Phi) is 2.78. The summed E-state index contributed by atoms with van der Waals surface area (Å²) in [5.41, 5.74) is 7.46. The summed E-state index contributed by atoms with van der Waals surface area (Å²) >= 11 is 5.04. The van der Waals surface area contributed by atoms with Crippen LogP contribution in [0.3, 0.4) is 0 Å². The smallest absolute Gasteiger partial charge is 0.231 e. The van der Waals surface area contributed by atoms with Crippen LogP contribution in [-0.4, -0.2) is 11.8 Å². The van der Waals surface area contributed by atoms with Crippen LogP contribution in [0.15, 0.2) is 22.0 Å². The van der Waals surface area contributed by atoms with E-state index >= 15 is 0 Å². The average Bonchev–Trinajstić information content (AvgIpc) is 2.97. The van der Waals surface area contributed by atoms with Crippen molar-refractivity contribution >= 4 is 27.3 Å². The number of benzene rings is 1. The van der Waals surface area contributed by atoms with Gasteiger partial charge in [0.2, 0.25) is 6.79 Å². The van der Waals surface area contributed by atoms with Crippen molar-refractivity contribution < 1.29 is 9.47 Å². The van der Waals surface area contributed by atoms with Crippen LogP contribution in [0.1, 0.15) is 5.69 Å². The number of rotatable bonds is 2. The lowest BCUT2D eigenvalue weighted by atomic mass is 10.2. The molecule has 2 N–H and O–H groups in total. The van der Waals surface area contributed by atoms with Crippen molar-refractivity contribution in [1.29, 1.82) is 0 Å². The van der Waals surface area contributed by atoms with E-state index in [9.17, 15) is 0 Å². The molecule has 1 aromatic carbocycles. The molecule has 2 heterocycles. The Morgan fingerprint density at radius 2 is 2.29 bits per heavy atom. The van der Waals surface area contributed by atoms with Crippen LogP contribution in [0.5, 0.6) is 11.5 Å². The molecule has 0 fully saturated rings. The predicted octanol–water partition coefficient (Wildman–Crippen LogP) is 2.76.